The summed E-state index contributed by atoms with van der Waals surface area (Å²) < 4.78 is 5.11. The molecule has 0 saturated carbocycles. The van der Waals surface area contributed by atoms with Crippen LogP contribution in [-0.4, -0.2) is 31.0 Å². The molecule has 1 saturated heterocycles. The summed E-state index contributed by atoms with van der Waals surface area (Å²) in [4.78, 5) is 0. The van der Waals surface area contributed by atoms with Crippen molar-refractivity contribution < 1.29 is 9.80 Å². The number of quaternary nitrogens is 1. The predicted molar refractivity (Wildman–Crippen MR) is 275 cm³/mol. The second-order valence-electron chi connectivity index (χ2n) is 23.0. The van der Waals surface area contributed by atoms with Crippen molar-refractivity contribution >= 4 is 0 Å². The summed E-state index contributed by atoms with van der Waals surface area (Å²) in [6.07, 6.45) is 9.19. The van der Waals surface area contributed by atoms with E-state index in [2.05, 4.69) is 217 Å². The average molecular weight is 874 g/mol. The fourth-order valence-electron chi connectivity index (χ4n) is 10.7. The Kier molecular flexibility index (Phi) is 19.9. The van der Waals surface area contributed by atoms with Gasteiger partial charge in [0.15, 0.2) is 0 Å². The van der Waals surface area contributed by atoms with Gasteiger partial charge in [-0.05, 0) is 148 Å². The highest BCUT2D eigenvalue weighted by molar-refractivity contribution is 5.29. The van der Waals surface area contributed by atoms with E-state index >= 15 is 0 Å². The standard InChI is InChI=1S/C33H52N2O.C26H39NO/c1-24(27-13-11-10-12-14-27)19-20-31(4,5)21-25(2)28-15-17-29(18-16-28)26(3)34-30-22-32(6,7)35(36)33(8,9)23-30;1-20(23-10-8-7-9-11-23)16-17-26(4,5)18-21(2)24-12-14-25(15-13-24)22(3)27-19-28-6/h10-18,24-26,30,34-35H,19-23H2,1-9H3;7-15,20-22,27H,16-19H2,1-6H3. The third-order valence-electron chi connectivity index (χ3n) is 14.7. The van der Waals surface area contributed by atoms with Crippen LogP contribution in [0.5, 0.6) is 0 Å². The Morgan fingerprint density at radius 3 is 1.27 bits per heavy atom. The largest absolute Gasteiger partial charge is 0.634 e. The Balaban J connectivity index is 0.000000290. The van der Waals surface area contributed by atoms with E-state index in [0.29, 0.717) is 58.4 Å². The van der Waals surface area contributed by atoms with Crippen molar-refractivity contribution in [2.45, 2.75) is 201 Å². The molecule has 4 aromatic rings. The molecule has 4 aromatic carbocycles. The molecule has 5 heteroatoms. The van der Waals surface area contributed by atoms with Gasteiger partial charge in [0.25, 0.3) is 0 Å². The molecule has 1 fully saturated rings. The lowest BCUT2D eigenvalue weighted by atomic mass is 9.76. The number of rotatable bonds is 21. The van der Waals surface area contributed by atoms with E-state index in [9.17, 15) is 5.21 Å². The van der Waals surface area contributed by atoms with Crippen molar-refractivity contribution in [3.8, 4) is 0 Å². The van der Waals surface area contributed by atoms with Gasteiger partial charge in [-0.2, -0.15) is 0 Å². The first-order valence-electron chi connectivity index (χ1n) is 24.9. The smallest absolute Gasteiger partial charge is 0.0966 e. The van der Waals surface area contributed by atoms with E-state index in [4.69, 9.17) is 4.74 Å². The molecule has 1 aliphatic heterocycles. The van der Waals surface area contributed by atoms with Gasteiger partial charge in [0.05, 0.1) is 17.8 Å². The van der Waals surface area contributed by atoms with Gasteiger partial charge in [-0.25, -0.2) is 0 Å². The van der Waals surface area contributed by atoms with E-state index in [1.807, 2.05) is 0 Å². The summed E-state index contributed by atoms with van der Waals surface area (Å²) in [7, 11) is 1.72. The molecule has 1 heterocycles. The maximum atomic E-state index is 12.8. The molecule has 6 unspecified atom stereocenters. The Morgan fingerprint density at radius 1 is 0.547 bits per heavy atom. The number of piperidine rings is 1. The highest BCUT2D eigenvalue weighted by Crippen LogP contribution is 2.39. The third kappa shape index (κ3) is 16.5. The average Bonchev–Trinajstić information content (AvgIpc) is 3.26. The van der Waals surface area contributed by atoms with Gasteiger partial charge >= 0.3 is 0 Å². The Hall–Kier alpha value is -3.32. The molecule has 6 atom stereocenters. The highest BCUT2D eigenvalue weighted by atomic mass is 16.5. The maximum Gasteiger partial charge on any atom is 0.0966 e. The Morgan fingerprint density at radius 2 is 0.891 bits per heavy atom. The summed E-state index contributed by atoms with van der Waals surface area (Å²) in [5.41, 5.74) is 8.55. The van der Waals surface area contributed by atoms with Gasteiger partial charge < -0.3 is 20.3 Å². The minimum absolute atomic E-state index is 0.260. The van der Waals surface area contributed by atoms with Crippen LogP contribution in [0.4, 0.5) is 0 Å². The van der Waals surface area contributed by atoms with Crippen LogP contribution >= 0.6 is 0 Å². The highest BCUT2D eigenvalue weighted by Gasteiger charge is 2.45. The van der Waals surface area contributed by atoms with Crippen LogP contribution < -0.4 is 15.7 Å². The van der Waals surface area contributed by atoms with E-state index < -0.39 is 0 Å². The zero-order valence-electron chi connectivity index (χ0n) is 43.1. The molecule has 0 amide bonds. The van der Waals surface area contributed by atoms with Crippen LogP contribution in [0.25, 0.3) is 0 Å². The van der Waals surface area contributed by atoms with Gasteiger partial charge in [-0.3, -0.25) is 5.32 Å². The van der Waals surface area contributed by atoms with Crippen LogP contribution in [0.2, 0.25) is 0 Å². The number of hydroxylamine groups is 2. The van der Waals surface area contributed by atoms with Crippen LogP contribution in [0.15, 0.2) is 109 Å². The van der Waals surface area contributed by atoms with Crippen LogP contribution in [-0.2, 0) is 4.74 Å². The first-order valence-corrected chi connectivity index (χ1v) is 24.9. The van der Waals surface area contributed by atoms with E-state index in [1.165, 1.54) is 71.9 Å². The maximum absolute atomic E-state index is 12.8. The molecule has 0 aromatic heterocycles. The van der Waals surface area contributed by atoms with Crippen molar-refractivity contribution in [1.29, 1.82) is 0 Å². The number of ether oxygens (including phenoxy) is 1. The molecule has 0 spiro atoms. The van der Waals surface area contributed by atoms with E-state index in [1.54, 1.807) is 7.11 Å². The molecule has 5 rings (SSSR count). The molecule has 64 heavy (non-hydrogen) atoms. The fourth-order valence-corrected chi connectivity index (χ4v) is 10.7. The lowest BCUT2D eigenvalue weighted by Gasteiger charge is -2.55. The molecule has 5 nitrogen and oxygen atoms in total. The predicted octanol–water partition coefficient (Wildman–Crippen LogP) is 14.6. The van der Waals surface area contributed by atoms with E-state index in [0.717, 1.165) is 12.8 Å². The zero-order chi connectivity index (χ0) is 47.3. The van der Waals surface area contributed by atoms with Gasteiger partial charge in [0.2, 0.25) is 0 Å². The van der Waals surface area contributed by atoms with Crippen molar-refractivity contribution in [2.75, 3.05) is 13.8 Å². The van der Waals surface area contributed by atoms with Crippen molar-refractivity contribution in [1.82, 2.24) is 10.6 Å². The monoisotopic (exact) mass is 874 g/mol. The van der Waals surface area contributed by atoms with Crippen LogP contribution in [0, 0.1) is 16.0 Å². The second-order valence-corrected chi connectivity index (χ2v) is 23.0. The summed E-state index contributed by atoms with van der Waals surface area (Å²) in [5, 5.41) is 20.4. The molecule has 0 aliphatic carbocycles. The SMILES string of the molecule is CC(CCC(C)(C)CC(C)c1ccc(C(C)NC2CC(C)(C)[NH+]([O-])C(C)(C)C2)cc1)c1ccccc1.COCNC(C)c1ccc(C(C)CC(C)(C)CCC(C)c2ccccc2)cc1. The minimum atomic E-state index is -0.260. The molecule has 3 N–H and O–H groups in total. The van der Waals surface area contributed by atoms with Crippen molar-refractivity contribution in [2.24, 2.45) is 10.8 Å². The molecular weight excluding hydrogens is 783 g/mol. The first-order chi connectivity index (χ1) is 30.0. The number of nitrogens with one attached hydrogen (secondary N) is 3. The van der Waals surface area contributed by atoms with Gasteiger partial charge in [-0.1, -0.05) is 165 Å². The molecule has 0 bridgehead atoms. The van der Waals surface area contributed by atoms with E-state index in [-0.39, 0.29) is 17.1 Å². The topological polar surface area (TPSA) is 60.8 Å². The van der Waals surface area contributed by atoms with Crippen LogP contribution in [0.3, 0.4) is 0 Å². The first kappa shape index (κ1) is 53.3. The summed E-state index contributed by atoms with van der Waals surface area (Å²) in [5.74, 6) is 2.33. The summed E-state index contributed by atoms with van der Waals surface area (Å²) in [6, 6.07) is 41.1. The van der Waals surface area contributed by atoms with Crippen molar-refractivity contribution in [3.63, 3.8) is 0 Å². The van der Waals surface area contributed by atoms with Crippen LogP contribution in [0.1, 0.15) is 217 Å². The number of methoxy groups -OCH3 is 1. The summed E-state index contributed by atoms with van der Waals surface area (Å²) in [6.45, 7) is 32.6. The third-order valence-corrected chi connectivity index (χ3v) is 14.7. The molecule has 1 aliphatic rings. The quantitative estimate of drug-likeness (QED) is 0.0577. The number of hydrogen-bond acceptors (Lipinski definition) is 4. The second kappa shape index (κ2) is 23.9. The lowest BCUT2D eigenvalue weighted by molar-refractivity contribution is -0.955. The fraction of sp³-hybridized carbons (Fsp3) is 0.593. The zero-order valence-corrected chi connectivity index (χ0v) is 43.1. The Bertz CT molecular complexity index is 1890. The van der Waals surface area contributed by atoms with Crippen molar-refractivity contribution in [3.05, 3.63) is 148 Å². The van der Waals surface area contributed by atoms with Gasteiger partial charge in [0.1, 0.15) is 0 Å². The van der Waals surface area contributed by atoms with Gasteiger partial charge in [-0.15, -0.1) is 0 Å². The lowest BCUT2D eigenvalue weighted by Crippen LogP contribution is -3.23. The summed E-state index contributed by atoms with van der Waals surface area (Å²) >= 11 is 0. The minimum Gasteiger partial charge on any atom is -0.634 e. The normalized spacial score (nSPS) is 20.2. The molecule has 0 radical (unpaired) electrons. The number of hydrogen-bond donors (Lipinski definition) is 3. The molecule has 354 valence electrons. The van der Waals surface area contributed by atoms with Gasteiger partial charge in [0, 0.05) is 38.1 Å². The Labute approximate surface area is 392 Å². The molecular formula is C59H91N3O2. The number of benzene rings is 4.